The molecule has 1 fully saturated rings. The van der Waals surface area contributed by atoms with E-state index >= 15 is 0 Å². The summed E-state index contributed by atoms with van der Waals surface area (Å²) in [5.41, 5.74) is 7.18. The predicted octanol–water partition coefficient (Wildman–Crippen LogP) is 4.64. The summed E-state index contributed by atoms with van der Waals surface area (Å²) < 4.78 is 10.8. The number of rotatable bonds is 6. The van der Waals surface area contributed by atoms with E-state index in [1.165, 1.54) is 5.56 Å². The van der Waals surface area contributed by atoms with Gasteiger partial charge in [-0.2, -0.15) is 20.1 Å². The Morgan fingerprint density at radius 2 is 1.79 bits per heavy atom. The summed E-state index contributed by atoms with van der Waals surface area (Å²) in [6.45, 7) is 8.55. The van der Waals surface area contributed by atoms with Crippen molar-refractivity contribution in [1.29, 1.82) is 0 Å². The van der Waals surface area contributed by atoms with Crippen LogP contribution in [0.5, 0.6) is 11.5 Å². The van der Waals surface area contributed by atoms with Crippen LogP contribution < -0.4 is 25.1 Å². The van der Waals surface area contributed by atoms with Crippen LogP contribution in [-0.4, -0.2) is 41.0 Å². The number of hydrazone groups is 1. The fraction of sp³-hybridized carbons (Fsp3) is 0.360. The number of anilines is 4. The number of piperidine rings is 1. The third-order valence-electron chi connectivity index (χ3n) is 6.32. The lowest BCUT2D eigenvalue weighted by molar-refractivity contribution is 0.174. The Hall–Kier alpha value is -3.88. The van der Waals surface area contributed by atoms with Crippen LogP contribution in [0.4, 0.5) is 23.5 Å². The fourth-order valence-corrected chi connectivity index (χ4v) is 3.99. The van der Waals surface area contributed by atoms with Crippen LogP contribution >= 0.6 is 0 Å². The molecule has 0 spiro atoms. The van der Waals surface area contributed by atoms with Gasteiger partial charge in [-0.1, -0.05) is 19.1 Å². The monoisotopic (exact) mass is 459 g/mol. The quantitative estimate of drug-likeness (QED) is 0.406. The van der Waals surface area contributed by atoms with Crippen LogP contribution in [0.1, 0.15) is 36.5 Å². The molecule has 3 heterocycles. The van der Waals surface area contributed by atoms with Crippen molar-refractivity contribution in [3.8, 4) is 11.5 Å². The molecule has 0 radical (unpaired) electrons. The molecule has 0 atom stereocenters. The maximum atomic E-state index is 5.43. The molecule has 2 aromatic carbocycles. The van der Waals surface area contributed by atoms with Gasteiger partial charge in [0.15, 0.2) is 11.5 Å². The van der Waals surface area contributed by atoms with Gasteiger partial charge >= 0.3 is 0 Å². The van der Waals surface area contributed by atoms with Gasteiger partial charge in [0, 0.05) is 18.8 Å². The van der Waals surface area contributed by atoms with Gasteiger partial charge in [0.25, 0.3) is 0 Å². The molecule has 3 aromatic rings. The van der Waals surface area contributed by atoms with Crippen LogP contribution in [0.25, 0.3) is 0 Å². The number of benzene rings is 2. The minimum absolute atomic E-state index is 0.243. The lowest BCUT2D eigenvalue weighted by Gasteiger charge is -2.30. The van der Waals surface area contributed by atoms with Gasteiger partial charge < -0.3 is 19.7 Å². The second kappa shape index (κ2) is 9.54. The summed E-state index contributed by atoms with van der Waals surface area (Å²) in [7, 11) is 0. The molecule has 176 valence electrons. The first-order valence-corrected chi connectivity index (χ1v) is 11.6. The standard InChI is InChI=1S/C25H29N7O2/c1-16-9-11-32(12-10-16)25-29-23(27-20-6-4-5-17(2)18(20)3)28-24(30-25)31-26-14-19-7-8-21-22(13-19)34-15-33-21/h4-8,13-14,16H,9-12,15H2,1-3H3,(H2,27,28,29,30,31). The van der Waals surface area contributed by atoms with Crippen LogP contribution in [0, 0.1) is 19.8 Å². The number of nitrogens with zero attached hydrogens (tertiary/aromatic N) is 5. The predicted molar refractivity (Wildman–Crippen MR) is 133 cm³/mol. The zero-order valence-electron chi connectivity index (χ0n) is 19.7. The number of aromatic nitrogens is 3. The third kappa shape index (κ3) is 4.88. The van der Waals surface area contributed by atoms with E-state index in [-0.39, 0.29) is 6.79 Å². The number of hydrogen-bond acceptors (Lipinski definition) is 9. The molecular formula is C25H29N7O2. The van der Waals surface area contributed by atoms with E-state index in [2.05, 4.69) is 57.5 Å². The van der Waals surface area contributed by atoms with Gasteiger partial charge in [0.1, 0.15) is 0 Å². The molecule has 0 amide bonds. The van der Waals surface area contributed by atoms with Crippen LogP contribution in [0.15, 0.2) is 41.5 Å². The van der Waals surface area contributed by atoms with Crippen molar-refractivity contribution in [3.63, 3.8) is 0 Å². The summed E-state index contributed by atoms with van der Waals surface area (Å²) >= 11 is 0. The largest absolute Gasteiger partial charge is 0.454 e. The topological polar surface area (TPSA) is 96.8 Å². The van der Waals surface area contributed by atoms with Gasteiger partial charge in [-0.3, -0.25) is 0 Å². The Bertz CT molecular complexity index is 1210. The Morgan fingerprint density at radius 3 is 2.65 bits per heavy atom. The Balaban J connectivity index is 1.39. The molecule has 0 saturated carbocycles. The molecular weight excluding hydrogens is 430 g/mol. The smallest absolute Gasteiger partial charge is 0.250 e. The fourth-order valence-electron chi connectivity index (χ4n) is 3.99. The number of hydrogen-bond donors (Lipinski definition) is 2. The van der Waals surface area contributed by atoms with E-state index in [4.69, 9.17) is 14.5 Å². The molecule has 1 aromatic heterocycles. The van der Waals surface area contributed by atoms with Gasteiger partial charge in [0.05, 0.1) is 6.21 Å². The molecule has 2 aliphatic rings. The lowest BCUT2D eigenvalue weighted by Crippen LogP contribution is -2.34. The molecule has 9 heteroatoms. The minimum Gasteiger partial charge on any atom is -0.454 e. The van der Waals surface area contributed by atoms with Crippen molar-refractivity contribution in [2.24, 2.45) is 11.0 Å². The van der Waals surface area contributed by atoms with E-state index < -0.39 is 0 Å². The Morgan fingerprint density at radius 1 is 1.00 bits per heavy atom. The molecule has 1 saturated heterocycles. The number of nitrogens with one attached hydrogen (secondary N) is 2. The number of aryl methyl sites for hydroxylation is 1. The first-order valence-electron chi connectivity index (χ1n) is 11.6. The van der Waals surface area contributed by atoms with E-state index in [0.29, 0.717) is 23.6 Å². The van der Waals surface area contributed by atoms with E-state index in [9.17, 15) is 0 Å². The second-order valence-electron chi connectivity index (χ2n) is 8.81. The van der Waals surface area contributed by atoms with Crippen molar-refractivity contribution in [3.05, 3.63) is 53.1 Å². The van der Waals surface area contributed by atoms with Gasteiger partial charge in [-0.15, -0.1) is 0 Å². The summed E-state index contributed by atoms with van der Waals surface area (Å²) in [6.07, 6.45) is 3.94. The Labute approximate surface area is 199 Å². The highest BCUT2D eigenvalue weighted by atomic mass is 16.7. The average Bonchev–Trinajstić information content (AvgIpc) is 3.30. The molecule has 34 heavy (non-hydrogen) atoms. The lowest BCUT2D eigenvalue weighted by atomic mass is 10.00. The van der Waals surface area contributed by atoms with Crippen LogP contribution in [0.3, 0.4) is 0 Å². The Kier molecular flexibility index (Phi) is 6.16. The highest BCUT2D eigenvalue weighted by molar-refractivity contribution is 5.81. The zero-order chi connectivity index (χ0) is 23.5. The zero-order valence-corrected chi connectivity index (χ0v) is 19.7. The summed E-state index contributed by atoms with van der Waals surface area (Å²) in [5.74, 6) is 3.69. The SMILES string of the molecule is Cc1cccc(Nc2nc(NN=Cc3ccc4c(c3)OCO4)nc(N3CCC(C)CC3)n2)c1C. The van der Waals surface area contributed by atoms with E-state index in [0.717, 1.165) is 54.4 Å². The molecule has 0 unspecified atom stereocenters. The molecule has 5 rings (SSSR count). The first-order chi connectivity index (χ1) is 16.5. The molecule has 2 N–H and O–H groups in total. The minimum atomic E-state index is 0.243. The van der Waals surface area contributed by atoms with E-state index in [1.807, 2.05) is 30.3 Å². The molecule has 0 bridgehead atoms. The van der Waals surface area contributed by atoms with Gasteiger partial charge in [-0.25, -0.2) is 5.43 Å². The normalized spacial score (nSPS) is 15.7. The molecule has 2 aliphatic heterocycles. The summed E-state index contributed by atoms with van der Waals surface area (Å²) in [4.78, 5) is 16.2. The van der Waals surface area contributed by atoms with Crippen LogP contribution in [-0.2, 0) is 0 Å². The molecule has 9 nitrogen and oxygen atoms in total. The summed E-state index contributed by atoms with van der Waals surface area (Å²) in [5, 5.41) is 7.71. The number of ether oxygens (including phenoxy) is 2. The first kappa shape index (κ1) is 21.9. The van der Waals surface area contributed by atoms with E-state index in [1.54, 1.807) is 6.21 Å². The highest BCUT2D eigenvalue weighted by Gasteiger charge is 2.20. The average molecular weight is 460 g/mol. The highest BCUT2D eigenvalue weighted by Crippen LogP contribution is 2.32. The summed E-state index contributed by atoms with van der Waals surface area (Å²) in [6, 6.07) is 11.8. The van der Waals surface area contributed by atoms with Crippen molar-refractivity contribution >= 4 is 29.7 Å². The maximum absolute atomic E-state index is 5.43. The second-order valence-corrected chi connectivity index (χ2v) is 8.81. The van der Waals surface area contributed by atoms with Gasteiger partial charge in [-0.05, 0) is 73.6 Å². The maximum Gasteiger partial charge on any atom is 0.250 e. The number of fused-ring (bicyclic) bond motifs is 1. The van der Waals surface area contributed by atoms with Crippen molar-refractivity contribution < 1.29 is 9.47 Å². The third-order valence-corrected chi connectivity index (χ3v) is 6.32. The molecule has 0 aliphatic carbocycles. The van der Waals surface area contributed by atoms with Crippen LogP contribution in [0.2, 0.25) is 0 Å². The van der Waals surface area contributed by atoms with Crippen molar-refractivity contribution in [2.45, 2.75) is 33.6 Å². The van der Waals surface area contributed by atoms with Crippen molar-refractivity contribution in [2.75, 3.05) is 35.5 Å². The van der Waals surface area contributed by atoms with Gasteiger partial charge in [0.2, 0.25) is 24.6 Å². The van der Waals surface area contributed by atoms with Crippen molar-refractivity contribution in [1.82, 2.24) is 15.0 Å².